The average molecular weight is 294 g/mol. The lowest BCUT2D eigenvalue weighted by molar-refractivity contribution is -0.179. The van der Waals surface area contributed by atoms with Gasteiger partial charge in [-0.25, -0.2) is 4.79 Å². The SMILES string of the molecule is CCOC(=O)[C@@H]1[C@@H]2C=C[C@@H](C2)[C@]12O[C@H](C(C)(C)C)OC2=O. The smallest absolute Gasteiger partial charge is 0.342 e. The van der Waals surface area contributed by atoms with Crippen molar-refractivity contribution in [2.75, 3.05) is 6.61 Å². The molecule has 3 aliphatic rings. The van der Waals surface area contributed by atoms with Crippen LogP contribution in [0, 0.1) is 23.2 Å². The maximum Gasteiger partial charge on any atom is 0.342 e. The van der Waals surface area contributed by atoms with E-state index in [1.807, 2.05) is 32.9 Å². The summed E-state index contributed by atoms with van der Waals surface area (Å²) < 4.78 is 16.7. The molecule has 1 saturated heterocycles. The molecule has 0 unspecified atom stereocenters. The summed E-state index contributed by atoms with van der Waals surface area (Å²) in [5.74, 6) is -1.47. The topological polar surface area (TPSA) is 61.8 Å². The van der Waals surface area contributed by atoms with Gasteiger partial charge < -0.3 is 14.2 Å². The van der Waals surface area contributed by atoms with Crippen LogP contribution < -0.4 is 0 Å². The molecule has 1 saturated carbocycles. The Labute approximate surface area is 124 Å². The zero-order valence-electron chi connectivity index (χ0n) is 12.9. The summed E-state index contributed by atoms with van der Waals surface area (Å²) in [6.45, 7) is 7.91. The van der Waals surface area contributed by atoms with Gasteiger partial charge in [0, 0.05) is 11.3 Å². The van der Waals surface area contributed by atoms with Gasteiger partial charge in [0.2, 0.25) is 6.29 Å². The number of fused-ring (bicyclic) bond motifs is 3. The Bertz CT molecular complexity index is 503. The highest BCUT2D eigenvalue weighted by atomic mass is 16.8. The van der Waals surface area contributed by atoms with E-state index in [4.69, 9.17) is 14.2 Å². The Morgan fingerprint density at radius 1 is 1.43 bits per heavy atom. The van der Waals surface area contributed by atoms with Crippen LogP contribution in [0.1, 0.15) is 34.1 Å². The summed E-state index contributed by atoms with van der Waals surface area (Å²) in [7, 11) is 0. The van der Waals surface area contributed by atoms with Gasteiger partial charge in [-0.2, -0.15) is 0 Å². The molecule has 2 bridgehead atoms. The van der Waals surface area contributed by atoms with Crippen LogP contribution in [0.3, 0.4) is 0 Å². The van der Waals surface area contributed by atoms with Gasteiger partial charge >= 0.3 is 11.9 Å². The second kappa shape index (κ2) is 4.57. The molecule has 1 spiro atoms. The highest BCUT2D eigenvalue weighted by Crippen LogP contribution is 2.57. The van der Waals surface area contributed by atoms with Crippen molar-refractivity contribution in [1.82, 2.24) is 0 Å². The van der Waals surface area contributed by atoms with Crippen LogP contribution in [0.25, 0.3) is 0 Å². The number of cyclic esters (lactones) is 1. The quantitative estimate of drug-likeness (QED) is 0.576. The number of ether oxygens (including phenoxy) is 3. The first-order valence-corrected chi connectivity index (χ1v) is 7.54. The normalized spacial score (nSPS) is 40.9. The molecule has 0 aromatic rings. The molecular weight excluding hydrogens is 272 g/mol. The van der Waals surface area contributed by atoms with E-state index in [2.05, 4.69) is 0 Å². The van der Waals surface area contributed by atoms with Gasteiger partial charge in [-0.1, -0.05) is 32.9 Å². The third kappa shape index (κ3) is 1.94. The van der Waals surface area contributed by atoms with Crippen LogP contribution in [-0.4, -0.2) is 30.4 Å². The molecule has 5 nitrogen and oxygen atoms in total. The minimum Gasteiger partial charge on any atom is -0.466 e. The molecule has 21 heavy (non-hydrogen) atoms. The van der Waals surface area contributed by atoms with Gasteiger partial charge in [-0.05, 0) is 19.3 Å². The first-order chi connectivity index (χ1) is 9.80. The first kappa shape index (κ1) is 14.6. The molecule has 0 aromatic carbocycles. The lowest BCUT2D eigenvalue weighted by Gasteiger charge is -2.34. The van der Waals surface area contributed by atoms with Crippen LogP contribution >= 0.6 is 0 Å². The van der Waals surface area contributed by atoms with Gasteiger partial charge in [0.25, 0.3) is 0 Å². The largest absolute Gasteiger partial charge is 0.466 e. The van der Waals surface area contributed by atoms with E-state index in [-0.39, 0.29) is 23.2 Å². The summed E-state index contributed by atoms with van der Waals surface area (Å²) in [4.78, 5) is 24.9. The van der Waals surface area contributed by atoms with Gasteiger partial charge in [0.05, 0.1) is 6.61 Å². The Morgan fingerprint density at radius 3 is 2.71 bits per heavy atom. The molecule has 3 rings (SSSR count). The van der Waals surface area contributed by atoms with Crippen molar-refractivity contribution in [1.29, 1.82) is 0 Å². The summed E-state index contributed by atoms with van der Waals surface area (Å²) in [6.07, 6.45) is 4.09. The Morgan fingerprint density at radius 2 is 2.14 bits per heavy atom. The van der Waals surface area contributed by atoms with Crippen molar-refractivity contribution in [2.45, 2.75) is 46.0 Å². The summed E-state index contributed by atoms with van der Waals surface area (Å²) >= 11 is 0. The number of carbonyl (C=O) groups is 2. The predicted molar refractivity (Wildman–Crippen MR) is 74.0 cm³/mol. The van der Waals surface area contributed by atoms with E-state index in [1.165, 1.54) is 0 Å². The fourth-order valence-corrected chi connectivity index (χ4v) is 3.65. The van der Waals surface area contributed by atoms with Gasteiger partial charge in [-0.3, -0.25) is 4.79 Å². The highest BCUT2D eigenvalue weighted by Gasteiger charge is 2.70. The zero-order chi connectivity index (χ0) is 15.4. The summed E-state index contributed by atoms with van der Waals surface area (Å²) in [6, 6.07) is 0. The lowest BCUT2D eigenvalue weighted by atomic mass is 9.78. The molecule has 0 aromatic heterocycles. The molecule has 1 aliphatic heterocycles. The van der Waals surface area contributed by atoms with Gasteiger partial charge in [0.1, 0.15) is 5.92 Å². The fourth-order valence-electron chi connectivity index (χ4n) is 3.65. The standard InChI is InChI=1S/C16H22O5/c1-5-19-12(17)11-9-6-7-10(8-9)16(11)13(18)20-14(21-16)15(2,3)4/h6-7,9-11,14H,5,8H2,1-4H3/t9-,10+,11+,14-,16+/m1/s1. The summed E-state index contributed by atoms with van der Waals surface area (Å²) in [5.41, 5.74) is -1.52. The van der Waals surface area contributed by atoms with E-state index in [0.717, 1.165) is 6.42 Å². The second-order valence-electron chi connectivity index (χ2n) is 7.13. The van der Waals surface area contributed by atoms with Crippen LogP contribution in [0.2, 0.25) is 0 Å². The van der Waals surface area contributed by atoms with Crippen molar-refractivity contribution < 1.29 is 23.8 Å². The first-order valence-electron chi connectivity index (χ1n) is 7.54. The minimum absolute atomic E-state index is 0.000295. The molecule has 0 amide bonds. The number of esters is 2. The fraction of sp³-hybridized carbons (Fsp3) is 0.750. The highest BCUT2D eigenvalue weighted by molar-refractivity contribution is 5.91. The van der Waals surface area contributed by atoms with Crippen molar-refractivity contribution in [2.24, 2.45) is 23.2 Å². The van der Waals surface area contributed by atoms with Crippen molar-refractivity contribution >= 4 is 11.9 Å². The van der Waals surface area contributed by atoms with Gasteiger partial charge in [-0.15, -0.1) is 0 Å². The molecule has 0 radical (unpaired) electrons. The zero-order valence-corrected chi connectivity index (χ0v) is 12.9. The third-order valence-electron chi connectivity index (χ3n) is 4.64. The van der Waals surface area contributed by atoms with E-state index in [0.29, 0.717) is 6.61 Å². The lowest BCUT2D eigenvalue weighted by Crippen LogP contribution is -2.51. The number of hydrogen-bond acceptors (Lipinski definition) is 5. The maximum atomic E-state index is 12.6. The van der Waals surface area contributed by atoms with E-state index < -0.39 is 23.8 Å². The minimum atomic E-state index is -1.19. The molecule has 1 heterocycles. The third-order valence-corrected chi connectivity index (χ3v) is 4.64. The second-order valence-corrected chi connectivity index (χ2v) is 7.13. The molecule has 5 heteroatoms. The molecule has 2 fully saturated rings. The number of rotatable bonds is 2. The number of carbonyl (C=O) groups excluding carboxylic acids is 2. The van der Waals surface area contributed by atoms with Crippen LogP contribution in [0.4, 0.5) is 0 Å². The van der Waals surface area contributed by atoms with Crippen LogP contribution in [-0.2, 0) is 23.8 Å². The molecule has 2 aliphatic carbocycles. The predicted octanol–water partition coefficient (Wildman–Crippen LogP) is 2.06. The maximum absolute atomic E-state index is 12.6. The number of hydrogen-bond donors (Lipinski definition) is 0. The van der Waals surface area contributed by atoms with Crippen LogP contribution in [0.5, 0.6) is 0 Å². The van der Waals surface area contributed by atoms with Crippen molar-refractivity contribution in [3.05, 3.63) is 12.2 Å². The van der Waals surface area contributed by atoms with Crippen molar-refractivity contribution in [3.63, 3.8) is 0 Å². The monoisotopic (exact) mass is 294 g/mol. The molecule has 5 atom stereocenters. The van der Waals surface area contributed by atoms with E-state index in [9.17, 15) is 9.59 Å². The van der Waals surface area contributed by atoms with E-state index in [1.54, 1.807) is 6.92 Å². The molecule has 116 valence electrons. The van der Waals surface area contributed by atoms with Crippen LogP contribution in [0.15, 0.2) is 12.2 Å². The molecular formula is C16H22O5. The number of allylic oxidation sites excluding steroid dienone is 1. The Hall–Kier alpha value is -1.36. The van der Waals surface area contributed by atoms with E-state index >= 15 is 0 Å². The Balaban J connectivity index is 1.96. The summed E-state index contributed by atoms with van der Waals surface area (Å²) in [5, 5.41) is 0. The van der Waals surface area contributed by atoms with Crippen molar-refractivity contribution in [3.8, 4) is 0 Å². The molecule has 0 N–H and O–H groups in total. The average Bonchev–Trinajstić information content (AvgIpc) is 3.04. The van der Waals surface area contributed by atoms with Gasteiger partial charge in [0.15, 0.2) is 5.60 Å². The Kier molecular flexibility index (Phi) is 3.17.